The van der Waals surface area contributed by atoms with Crippen molar-refractivity contribution >= 4 is 29.1 Å². The number of nitrogens with zero attached hydrogens (tertiary/aromatic N) is 8. The third kappa shape index (κ3) is 2.59. The SMILES string of the molecule is CNc1ncnc2c1ncn2N1C=Nc2c(ncn2[C@@H]2O[C@H](CO)C(O)C2O)C1N. The molecule has 2 aliphatic heterocycles. The highest BCUT2D eigenvalue weighted by molar-refractivity contribution is 5.85. The Kier molecular flexibility index (Phi) is 4.37. The van der Waals surface area contributed by atoms with Crippen molar-refractivity contribution in [2.24, 2.45) is 10.7 Å². The monoisotopic (exact) mass is 416 g/mol. The van der Waals surface area contributed by atoms with Crippen molar-refractivity contribution in [2.75, 3.05) is 24.0 Å². The Morgan fingerprint density at radius 2 is 2.00 bits per heavy atom. The lowest BCUT2D eigenvalue weighted by Gasteiger charge is -2.29. The number of ether oxygens (including phenoxy) is 1. The molecule has 1 saturated heterocycles. The molecule has 14 nitrogen and oxygen atoms in total. The number of imidazole rings is 2. The molecule has 5 rings (SSSR count). The lowest BCUT2D eigenvalue weighted by molar-refractivity contribution is -0.0520. The number of nitrogens with one attached hydrogen (secondary N) is 1. The third-order valence-electron chi connectivity index (χ3n) is 5.25. The normalized spacial score (nSPS) is 28.3. The number of aromatic nitrogens is 6. The van der Waals surface area contributed by atoms with E-state index in [4.69, 9.17) is 10.5 Å². The van der Waals surface area contributed by atoms with Gasteiger partial charge in [0.15, 0.2) is 29.0 Å². The van der Waals surface area contributed by atoms with Crippen molar-refractivity contribution in [2.45, 2.75) is 30.7 Å². The largest absolute Gasteiger partial charge is 0.394 e. The molecule has 6 N–H and O–H groups in total. The van der Waals surface area contributed by atoms with E-state index in [1.54, 1.807) is 23.1 Å². The Morgan fingerprint density at radius 1 is 1.17 bits per heavy atom. The lowest BCUT2D eigenvalue weighted by Crippen LogP contribution is -2.43. The van der Waals surface area contributed by atoms with Crippen molar-refractivity contribution in [3.05, 3.63) is 24.7 Å². The molecule has 0 aromatic carbocycles. The smallest absolute Gasteiger partial charge is 0.184 e. The van der Waals surface area contributed by atoms with Crippen LogP contribution in [0, 0.1) is 0 Å². The number of rotatable bonds is 4. The number of aliphatic hydroxyl groups is 3. The Bertz CT molecular complexity index is 1110. The number of nitrogens with two attached hydrogens (primary N) is 1. The summed E-state index contributed by atoms with van der Waals surface area (Å²) < 4.78 is 8.69. The summed E-state index contributed by atoms with van der Waals surface area (Å²) in [4.78, 5) is 21.5. The molecular weight excluding hydrogens is 396 g/mol. The Labute approximate surface area is 169 Å². The summed E-state index contributed by atoms with van der Waals surface area (Å²) in [5.41, 5.74) is 7.96. The second-order valence-corrected chi connectivity index (χ2v) is 6.89. The third-order valence-corrected chi connectivity index (χ3v) is 5.25. The summed E-state index contributed by atoms with van der Waals surface area (Å²) >= 11 is 0. The van der Waals surface area contributed by atoms with Crippen LogP contribution in [0.4, 0.5) is 11.6 Å². The molecule has 30 heavy (non-hydrogen) atoms. The van der Waals surface area contributed by atoms with E-state index >= 15 is 0 Å². The zero-order valence-electron chi connectivity index (χ0n) is 15.8. The van der Waals surface area contributed by atoms with Crippen molar-refractivity contribution in [3.8, 4) is 0 Å². The van der Waals surface area contributed by atoms with Crippen LogP contribution in [-0.2, 0) is 4.74 Å². The zero-order chi connectivity index (χ0) is 21.0. The molecule has 3 unspecified atom stereocenters. The summed E-state index contributed by atoms with van der Waals surface area (Å²) in [5, 5.41) is 34.2. The molecule has 0 saturated carbocycles. The van der Waals surface area contributed by atoms with Crippen molar-refractivity contribution in [1.82, 2.24) is 29.2 Å². The second kappa shape index (κ2) is 6.96. The molecule has 3 aromatic heterocycles. The quantitative estimate of drug-likeness (QED) is 0.315. The van der Waals surface area contributed by atoms with Crippen LogP contribution in [0.15, 0.2) is 24.0 Å². The van der Waals surface area contributed by atoms with Gasteiger partial charge in [0, 0.05) is 7.05 Å². The van der Waals surface area contributed by atoms with Crippen LogP contribution in [0.1, 0.15) is 18.1 Å². The molecule has 3 aromatic rings. The fourth-order valence-electron chi connectivity index (χ4n) is 3.68. The second-order valence-electron chi connectivity index (χ2n) is 6.89. The number of fused-ring (bicyclic) bond motifs is 2. The Balaban J connectivity index is 1.50. The molecule has 0 radical (unpaired) electrons. The van der Waals surface area contributed by atoms with Crippen LogP contribution in [0.25, 0.3) is 11.2 Å². The van der Waals surface area contributed by atoms with Crippen LogP contribution in [-0.4, -0.2) is 82.8 Å². The average molecular weight is 416 g/mol. The van der Waals surface area contributed by atoms with Crippen molar-refractivity contribution < 1.29 is 20.1 Å². The maximum atomic E-state index is 10.3. The minimum Gasteiger partial charge on any atom is -0.394 e. The molecule has 158 valence electrons. The van der Waals surface area contributed by atoms with Gasteiger partial charge >= 0.3 is 0 Å². The van der Waals surface area contributed by atoms with Gasteiger partial charge in [-0.25, -0.2) is 34.6 Å². The average Bonchev–Trinajstić information content (AvgIpc) is 3.45. The molecule has 0 aliphatic carbocycles. The van der Waals surface area contributed by atoms with E-state index in [1.165, 1.54) is 23.6 Å². The first-order valence-electron chi connectivity index (χ1n) is 9.18. The molecule has 5 atom stereocenters. The highest BCUT2D eigenvalue weighted by Crippen LogP contribution is 2.37. The zero-order valence-corrected chi connectivity index (χ0v) is 15.8. The van der Waals surface area contributed by atoms with Crippen LogP contribution >= 0.6 is 0 Å². The number of aliphatic hydroxyl groups excluding tert-OH is 3. The van der Waals surface area contributed by atoms with Crippen molar-refractivity contribution in [3.63, 3.8) is 0 Å². The molecule has 1 fully saturated rings. The summed E-state index contributed by atoms with van der Waals surface area (Å²) in [6.45, 7) is -0.424. The molecule has 0 amide bonds. The molecular formula is C16H20N10O4. The van der Waals surface area contributed by atoms with E-state index in [9.17, 15) is 15.3 Å². The fraction of sp³-hybridized carbons (Fsp3) is 0.438. The summed E-state index contributed by atoms with van der Waals surface area (Å²) in [7, 11) is 1.74. The van der Waals surface area contributed by atoms with Crippen molar-refractivity contribution in [1.29, 1.82) is 0 Å². The van der Waals surface area contributed by atoms with Gasteiger partial charge in [-0.3, -0.25) is 4.57 Å². The van der Waals surface area contributed by atoms with Gasteiger partial charge in [-0.15, -0.1) is 0 Å². The highest BCUT2D eigenvalue weighted by atomic mass is 16.6. The number of anilines is 1. The minimum atomic E-state index is -1.25. The van der Waals surface area contributed by atoms with E-state index in [1.807, 2.05) is 0 Å². The number of hydrogen-bond donors (Lipinski definition) is 5. The van der Waals surface area contributed by atoms with Crippen LogP contribution in [0.2, 0.25) is 0 Å². The van der Waals surface area contributed by atoms with E-state index < -0.39 is 37.3 Å². The highest BCUT2D eigenvalue weighted by Gasteiger charge is 2.45. The summed E-state index contributed by atoms with van der Waals surface area (Å²) in [6.07, 6.45) is 0.826. The van der Waals surface area contributed by atoms with E-state index in [0.29, 0.717) is 28.5 Å². The summed E-state index contributed by atoms with van der Waals surface area (Å²) in [5.74, 6) is 0.958. The first-order valence-corrected chi connectivity index (χ1v) is 9.18. The first kappa shape index (κ1) is 18.8. The predicted molar refractivity (Wildman–Crippen MR) is 103 cm³/mol. The maximum absolute atomic E-state index is 10.3. The number of hydrogen-bond acceptors (Lipinski definition) is 12. The molecule has 0 spiro atoms. The first-order chi connectivity index (χ1) is 14.5. The van der Waals surface area contributed by atoms with Gasteiger partial charge in [0.2, 0.25) is 0 Å². The molecule has 2 aliphatic rings. The van der Waals surface area contributed by atoms with Crippen LogP contribution in [0.5, 0.6) is 0 Å². The maximum Gasteiger partial charge on any atom is 0.184 e. The van der Waals surface area contributed by atoms with Gasteiger partial charge in [-0.1, -0.05) is 0 Å². The predicted octanol–water partition coefficient (Wildman–Crippen LogP) is -2.06. The van der Waals surface area contributed by atoms with Crippen LogP contribution < -0.4 is 16.1 Å². The van der Waals surface area contributed by atoms with Crippen LogP contribution in [0.3, 0.4) is 0 Å². The van der Waals surface area contributed by atoms with Gasteiger partial charge < -0.3 is 31.1 Å². The van der Waals surface area contributed by atoms with Gasteiger partial charge in [-0.2, -0.15) is 0 Å². The van der Waals surface area contributed by atoms with Gasteiger partial charge in [0.05, 0.1) is 12.9 Å². The standard InChI is InChI=1S/C16H20N10O4/c1-18-13-9-15(20-3-19-13)26(5-22-9)25-6-23-14-8(12(25)17)21-4-24(14)16-11(29)10(28)7(2-27)30-16/h3-7,10-12,16,27-29H,2,17H2,1H3,(H,18,19,20)/t7-,10?,11?,12?,16-/m1/s1. The van der Waals surface area contributed by atoms with Gasteiger partial charge in [0.1, 0.15) is 49.2 Å². The Morgan fingerprint density at radius 3 is 2.73 bits per heavy atom. The van der Waals surface area contributed by atoms with E-state index in [0.717, 1.165) is 0 Å². The minimum absolute atomic E-state index is 0.378. The van der Waals surface area contributed by atoms with Gasteiger partial charge in [-0.05, 0) is 0 Å². The lowest BCUT2D eigenvalue weighted by atomic mass is 10.1. The van der Waals surface area contributed by atoms with Gasteiger partial charge in [0.25, 0.3) is 0 Å². The Hall–Kier alpha value is -3.17. The van der Waals surface area contributed by atoms with E-state index in [-0.39, 0.29) is 0 Å². The fourth-order valence-corrected chi connectivity index (χ4v) is 3.68. The molecule has 14 heteroatoms. The topological polar surface area (TPSA) is 185 Å². The number of aliphatic imine (C=N–C) groups is 1. The van der Waals surface area contributed by atoms with E-state index in [2.05, 4.69) is 30.2 Å². The molecule has 5 heterocycles. The summed E-state index contributed by atoms with van der Waals surface area (Å²) in [6, 6.07) is 0. The molecule has 0 bridgehead atoms.